The first-order valence-corrected chi connectivity index (χ1v) is 12.4. The fraction of sp³-hybridized carbons (Fsp3) is 0.185. The number of carbonyl (C=O) groups is 1. The topological polar surface area (TPSA) is 95.5 Å². The van der Waals surface area contributed by atoms with E-state index in [2.05, 4.69) is 43.7 Å². The number of para-hydroxylation sites is 1. The van der Waals surface area contributed by atoms with E-state index in [1.165, 1.54) is 12.2 Å². The molecule has 5 aromatic rings. The van der Waals surface area contributed by atoms with Gasteiger partial charge < -0.3 is 4.98 Å². The van der Waals surface area contributed by atoms with Crippen LogP contribution in [-0.4, -0.2) is 45.8 Å². The van der Waals surface area contributed by atoms with Crippen LogP contribution < -0.4 is 5.43 Å². The summed E-state index contributed by atoms with van der Waals surface area (Å²) in [7, 11) is 1.50. The molecule has 0 saturated carbocycles. The van der Waals surface area contributed by atoms with Gasteiger partial charge in [-0.15, -0.1) is 11.3 Å². The number of fused-ring (bicyclic) bond motifs is 2. The first-order valence-electron chi connectivity index (χ1n) is 11.6. The minimum Gasteiger partial charge on any atom is -0.358 e. The maximum absolute atomic E-state index is 12.4. The number of amides is 1. The van der Waals surface area contributed by atoms with Gasteiger partial charge in [0.1, 0.15) is 11.2 Å². The summed E-state index contributed by atoms with van der Waals surface area (Å²) >= 11 is 1.62. The zero-order valence-electron chi connectivity index (χ0n) is 20.3. The third kappa shape index (κ3) is 4.71. The van der Waals surface area contributed by atoms with Gasteiger partial charge in [-0.25, -0.2) is 15.0 Å². The van der Waals surface area contributed by atoms with Crippen molar-refractivity contribution in [3.05, 3.63) is 88.2 Å². The summed E-state index contributed by atoms with van der Waals surface area (Å²) in [5.74, 6) is 0.513. The normalized spacial score (nSPS) is 11.5. The Hall–Kier alpha value is -4.08. The molecule has 9 heteroatoms. The molecule has 0 bridgehead atoms. The van der Waals surface area contributed by atoms with E-state index in [1.807, 2.05) is 56.5 Å². The lowest BCUT2D eigenvalue weighted by Gasteiger charge is -2.17. The standard InChI is InChI=1S/C27H26N6O2S/c1-4-33(35-3)27(34)19-11-9-18(10-12-19)13-20-14-22-25(28-16-29-26(22)36-20)32-30-15-23-17(2)31-24-8-6-5-7-21(23)24/h5-12,14-16,31H,4,13H2,1-3H3,(H,28,29,32). The third-order valence-electron chi connectivity index (χ3n) is 6.00. The van der Waals surface area contributed by atoms with E-state index in [0.29, 0.717) is 17.9 Å². The molecule has 0 fully saturated rings. The number of nitrogens with zero attached hydrogens (tertiary/aromatic N) is 4. The number of thiophene rings is 1. The second-order valence-corrected chi connectivity index (χ2v) is 9.40. The third-order valence-corrected chi connectivity index (χ3v) is 7.04. The minimum atomic E-state index is -0.150. The Morgan fingerprint density at radius 3 is 2.75 bits per heavy atom. The fourth-order valence-electron chi connectivity index (χ4n) is 4.17. The Balaban J connectivity index is 1.32. The van der Waals surface area contributed by atoms with Gasteiger partial charge in [-0.1, -0.05) is 30.3 Å². The number of hydrogen-bond acceptors (Lipinski definition) is 7. The average Bonchev–Trinajstić information content (AvgIpc) is 3.45. The van der Waals surface area contributed by atoms with Crippen molar-refractivity contribution in [1.29, 1.82) is 0 Å². The molecule has 0 aliphatic heterocycles. The number of rotatable bonds is 8. The van der Waals surface area contributed by atoms with Crippen LogP contribution in [-0.2, 0) is 11.3 Å². The van der Waals surface area contributed by atoms with Gasteiger partial charge in [0.05, 0.1) is 18.7 Å². The lowest BCUT2D eigenvalue weighted by molar-refractivity contribution is -0.0915. The quantitative estimate of drug-likeness (QED) is 0.216. The Kier molecular flexibility index (Phi) is 6.75. The van der Waals surface area contributed by atoms with Crippen LogP contribution in [0.3, 0.4) is 0 Å². The molecule has 3 aromatic heterocycles. The Morgan fingerprint density at radius 1 is 1.17 bits per heavy atom. The van der Waals surface area contributed by atoms with Crippen LogP contribution in [0.1, 0.15) is 39.0 Å². The van der Waals surface area contributed by atoms with Gasteiger partial charge in [0.2, 0.25) is 0 Å². The number of hydrazone groups is 1. The maximum atomic E-state index is 12.4. The van der Waals surface area contributed by atoms with E-state index in [0.717, 1.165) is 49.2 Å². The summed E-state index contributed by atoms with van der Waals surface area (Å²) < 4.78 is 0. The van der Waals surface area contributed by atoms with Gasteiger partial charge in [0.15, 0.2) is 5.82 Å². The van der Waals surface area contributed by atoms with Crippen molar-refractivity contribution in [2.75, 3.05) is 19.1 Å². The minimum absolute atomic E-state index is 0.150. The zero-order valence-corrected chi connectivity index (χ0v) is 21.1. The van der Waals surface area contributed by atoms with Crippen molar-refractivity contribution in [2.24, 2.45) is 5.10 Å². The molecule has 2 N–H and O–H groups in total. The first kappa shape index (κ1) is 23.7. The van der Waals surface area contributed by atoms with Crippen LogP contribution in [0.2, 0.25) is 0 Å². The van der Waals surface area contributed by atoms with Crippen LogP contribution in [0.25, 0.3) is 21.1 Å². The number of aryl methyl sites for hydroxylation is 1. The number of anilines is 1. The Morgan fingerprint density at radius 2 is 1.97 bits per heavy atom. The van der Waals surface area contributed by atoms with Crippen molar-refractivity contribution in [3.8, 4) is 0 Å². The van der Waals surface area contributed by atoms with Gasteiger partial charge in [0.25, 0.3) is 5.91 Å². The number of hydrogen-bond donors (Lipinski definition) is 2. The Bertz CT molecular complexity index is 1550. The molecule has 0 aliphatic rings. The van der Waals surface area contributed by atoms with Crippen LogP contribution >= 0.6 is 11.3 Å². The highest BCUT2D eigenvalue weighted by molar-refractivity contribution is 7.18. The molecule has 36 heavy (non-hydrogen) atoms. The summed E-state index contributed by atoms with van der Waals surface area (Å²) in [4.78, 5) is 31.8. The van der Waals surface area contributed by atoms with Crippen LogP contribution in [0.15, 0.2) is 66.0 Å². The SMILES string of the molecule is CCN(OC)C(=O)c1ccc(Cc2cc3c(NN=Cc4c(C)[nH]c5ccccc45)ncnc3s2)cc1. The molecular formula is C27H26N6O2S. The van der Waals surface area contributed by atoms with Gasteiger partial charge in [-0.3, -0.25) is 15.1 Å². The van der Waals surface area contributed by atoms with Crippen LogP contribution in [0.5, 0.6) is 0 Å². The summed E-state index contributed by atoms with van der Waals surface area (Å²) in [6, 6.07) is 17.9. The molecule has 0 atom stereocenters. The molecule has 0 aliphatic carbocycles. The monoisotopic (exact) mass is 498 g/mol. The van der Waals surface area contributed by atoms with Gasteiger partial charge in [-0.2, -0.15) is 5.10 Å². The molecule has 5 rings (SSSR count). The predicted octanol–water partition coefficient (Wildman–Crippen LogP) is 5.54. The van der Waals surface area contributed by atoms with Crippen molar-refractivity contribution < 1.29 is 9.63 Å². The number of H-pyrrole nitrogens is 1. The fourth-order valence-corrected chi connectivity index (χ4v) is 5.20. The van der Waals surface area contributed by atoms with Crippen LogP contribution in [0.4, 0.5) is 5.82 Å². The number of aromatic nitrogens is 3. The van der Waals surface area contributed by atoms with E-state index in [9.17, 15) is 4.79 Å². The molecule has 0 unspecified atom stereocenters. The molecule has 0 radical (unpaired) electrons. The molecule has 1 amide bonds. The number of hydroxylamine groups is 2. The van der Waals surface area contributed by atoms with Gasteiger partial charge in [0, 0.05) is 45.6 Å². The molecule has 2 aromatic carbocycles. The average molecular weight is 499 g/mol. The molecular weight excluding hydrogens is 472 g/mol. The summed E-state index contributed by atoms with van der Waals surface area (Å²) in [6.07, 6.45) is 4.10. The second-order valence-electron chi connectivity index (χ2n) is 8.29. The summed E-state index contributed by atoms with van der Waals surface area (Å²) in [5, 5.41) is 7.85. The summed E-state index contributed by atoms with van der Waals surface area (Å²) in [6.45, 7) is 4.40. The number of carbonyl (C=O) groups excluding carboxylic acids is 1. The van der Waals surface area contributed by atoms with Gasteiger partial charge >= 0.3 is 0 Å². The highest BCUT2D eigenvalue weighted by Crippen LogP contribution is 2.30. The largest absolute Gasteiger partial charge is 0.358 e. The van der Waals surface area contributed by atoms with E-state index in [1.54, 1.807) is 17.7 Å². The number of benzene rings is 2. The van der Waals surface area contributed by atoms with Crippen molar-refractivity contribution in [1.82, 2.24) is 20.0 Å². The van der Waals surface area contributed by atoms with Crippen molar-refractivity contribution in [2.45, 2.75) is 20.3 Å². The molecule has 8 nitrogen and oxygen atoms in total. The highest BCUT2D eigenvalue weighted by atomic mass is 32.1. The van der Waals surface area contributed by atoms with Crippen molar-refractivity contribution >= 4 is 50.4 Å². The van der Waals surface area contributed by atoms with Crippen molar-refractivity contribution in [3.63, 3.8) is 0 Å². The zero-order chi connectivity index (χ0) is 25.1. The molecule has 0 saturated heterocycles. The number of aromatic amines is 1. The molecule has 182 valence electrons. The second kappa shape index (κ2) is 10.3. The lowest BCUT2D eigenvalue weighted by atomic mass is 10.1. The summed E-state index contributed by atoms with van der Waals surface area (Å²) in [5.41, 5.74) is 7.99. The number of nitrogens with one attached hydrogen (secondary N) is 2. The first-order chi connectivity index (χ1) is 17.6. The lowest BCUT2D eigenvalue weighted by Crippen LogP contribution is -2.29. The predicted molar refractivity (Wildman–Crippen MR) is 145 cm³/mol. The Labute approximate surface area is 212 Å². The van der Waals surface area contributed by atoms with E-state index in [-0.39, 0.29) is 5.91 Å². The van der Waals surface area contributed by atoms with Gasteiger partial charge in [-0.05, 0) is 43.7 Å². The van der Waals surface area contributed by atoms with E-state index in [4.69, 9.17) is 4.84 Å². The molecule has 0 spiro atoms. The van der Waals surface area contributed by atoms with E-state index >= 15 is 0 Å². The highest BCUT2D eigenvalue weighted by Gasteiger charge is 2.14. The van der Waals surface area contributed by atoms with E-state index < -0.39 is 0 Å². The maximum Gasteiger partial charge on any atom is 0.277 e. The molecule has 3 heterocycles. The smallest absolute Gasteiger partial charge is 0.277 e. The van der Waals surface area contributed by atoms with Crippen LogP contribution in [0, 0.1) is 6.92 Å².